The summed E-state index contributed by atoms with van der Waals surface area (Å²) < 4.78 is 0. The Balaban J connectivity index is 1.64. The third-order valence-electron chi connectivity index (χ3n) is 5.12. The van der Waals surface area contributed by atoms with Crippen LogP contribution in [-0.4, -0.2) is 20.8 Å². The Labute approximate surface area is 157 Å². The van der Waals surface area contributed by atoms with Gasteiger partial charge < -0.3 is 4.90 Å². The van der Waals surface area contributed by atoms with E-state index < -0.39 is 0 Å². The first-order valence-electron chi connectivity index (χ1n) is 8.96. The largest absolute Gasteiger partial charge is 0.322 e. The van der Waals surface area contributed by atoms with E-state index in [9.17, 15) is 4.79 Å². The Morgan fingerprint density at radius 3 is 2.48 bits per heavy atom. The summed E-state index contributed by atoms with van der Waals surface area (Å²) in [6.07, 6.45) is 1.47. The van der Waals surface area contributed by atoms with Gasteiger partial charge in [-0.25, -0.2) is 9.97 Å². The van der Waals surface area contributed by atoms with E-state index in [-0.39, 0.29) is 11.9 Å². The van der Waals surface area contributed by atoms with Gasteiger partial charge in [-0.15, -0.1) is 0 Å². The Hall–Kier alpha value is -3.53. The number of hydrogen-bond donors (Lipinski definition) is 0. The highest BCUT2D eigenvalue weighted by Gasteiger charge is 2.35. The molecule has 1 amide bonds. The molecular weight excluding hydrogens is 334 g/mol. The summed E-state index contributed by atoms with van der Waals surface area (Å²) >= 11 is 0. The number of carbonyl (C=O) groups is 1. The second-order valence-electron chi connectivity index (χ2n) is 6.68. The average Bonchev–Trinajstić information content (AvgIpc) is 3.13. The number of nitrogens with zero attached hydrogens (tertiary/aromatic N) is 3. The molecule has 4 aromatic rings. The van der Waals surface area contributed by atoms with Crippen LogP contribution in [-0.2, 0) is 6.54 Å². The van der Waals surface area contributed by atoms with Gasteiger partial charge in [0, 0.05) is 11.9 Å². The second-order valence-corrected chi connectivity index (χ2v) is 6.68. The summed E-state index contributed by atoms with van der Waals surface area (Å²) in [5, 5.41) is 0.785. The molecule has 1 aliphatic heterocycles. The molecular formula is C23H17N3O. The number of amides is 1. The molecule has 0 spiro atoms. The first-order valence-corrected chi connectivity index (χ1v) is 8.96. The molecule has 0 radical (unpaired) electrons. The quantitative estimate of drug-likeness (QED) is 0.538. The lowest BCUT2D eigenvalue weighted by molar-refractivity contribution is 0.0714. The molecule has 0 saturated heterocycles. The van der Waals surface area contributed by atoms with Crippen LogP contribution in [0.5, 0.6) is 0 Å². The van der Waals surface area contributed by atoms with Crippen molar-refractivity contribution in [3.05, 3.63) is 108 Å². The van der Waals surface area contributed by atoms with Crippen LogP contribution in [0.4, 0.5) is 0 Å². The standard InChI is InChI=1S/C23H17N3O/c27-23(21-19-12-6-7-13-20(19)24-15-25-21)26-14-17-10-4-5-11-18(17)22(26)16-8-2-1-3-9-16/h1-13,15,22H,14H2. The highest BCUT2D eigenvalue weighted by molar-refractivity contribution is 6.04. The predicted octanol–water partition coefficient (Wildman–Crippen LogP) is 4.38. The topological polar surface area (TPSA) is 46.1 Å². The summed E-state index contributed by atoms with van der Waals surface area (Å²) in [5.41, 5.74) is 4.70. The van der Waals surface area contributed by atoms with E-state index in [4.69, 9.17) is 0 Å². The zero-order chi connectivity index (χ0) is 18.2. The van der Waals surface area contributed by atoms with Gasteiger partial charge in [-0.2, -0.15) is 0 Å². The van der Waals surface area contributed by atoms with E-state index in [0.29, 0.717) is 12.2 Å². The van der Waals surface area contributed by atoms with E-state index in [1.165, 1.54) is 17.5 Å². The molecule has 2 heterocycles. The third-order valence-corrected chi connectivity index (χ3v) is 5.12. The molecule has 1 unspecified atom stereocenters. The van der Waals surface area contributed by atoms with E-state index >= 15 is 0 Å². The Kier molecular flexibility index (Phi) is 3.68. The van der Waals surface area contributed by atoms with Crippen molar-refractivity contribution in [1.82, 2.24) is 14.9 Å². The van der Waals surface area contributed by atoms with Crippen molar-refractivity contribution in [2.24, 2.45) is 0 Å². The van der Waals surface area contributed by atoms with Gasteiger partial charge in [0.05, 0.1) is 11.6 Å². The zero-order valence-corrected chi connectivity index (χ0v) is 14.6. The molecule has 0 saturated carbocycles. The maximum Gasteiger partial charge on any atom is 0.274 e. The summed E-state index contributed by atoms with van der Waals surface area (Å²) in [6, 6.07) is 26.0. The zero-order valence-electron chi connectivity index (χ0n) is 14.6. The molecule has 4 heteroatoms. The fourth-order valence-electron chi connectivity index (χ4n) is 3.88. The van der Waals surface area contributed by atoms with Crippen LogP contribution in [0.1, 0.15) is 33.2 Å². The molecule has 0 aliphatic carbocycles. The first-order chi connectivity index (χ1) is 13.3. The van der Waals surface area contributed by atoms with Crippen LogP contribution >= 0.6 is 0 Å². The Morgan fingerprint density at radius 2 is 1.59 bits per heavy atom. The van der Waals surface area contributed by atoms with Crippen LogP contribution in [0.3, 0.4) is 0 Å². The summed E-state index contributed by atoms with van der Waals surface area (Å²) in [7, 11) is 0. The van der Waals surface area contributed by atoms with E-state index in [2.05, 4.69) is 34.2 Å². The fraction of sp³-hybridized carbons (Fsp3) is 0.0870. The molecule has 0 fully saturated rings. The van der Waals surface area contributed by atoms with Gasteiger partial charge in [0.1, 0.15) is 12.0 Å². The van der Waals surface area contributed by atoms with Crippen LogP contribution < -0.4 is 0 Å². The predicted molar refractivity (Wildman–Crippen MR) is 104 cm³/mol. The molecule has 0 N–H and O–H groups in total. The highest BCUT2D eigenvalue weighted by Crippen LogP contribution is 2.39. The summed E-state index contributed by atoms with van der Waals surface area (Å²) in [5.74, 6) is -0.0707. The molecule has 130 valence electrons. The van der Waals surface area contributed by atoms with Crippen molar-refractivity contribution in [3.63, 3.8) is 0 Å². The second kappa shape index (κ2) is 6.32. The Morgan fingerprint density at radius 1 is 0.852 bits per heavy atom. The molecule has 4 nitrogen and oxygen atoms in total. The van der Waals surface area contributed by atoms with Crippen molar-refractivity contribution >= 4 is 16.8 Å². The molecule has 1 atom stereocenters. The van der Waals surface area contributed by atoms with Crippen LogP contribution in [0.15, 0.2) is 85.2 Å². The van der Waals surface area contributed by atoms with Crippen molar-refractivity contribution in [3.8, 4) is 0 Å². The van der Waals surface area contributed by atoms with Crippen molar-refractivity contribution < 1.29 is 4.79 Å². The third kappa shape index (κ3) is 2.57. The number of rotatable bonds is 2. The minimum absolute atomic E-state index is 0.0707. The van der Waals surface area contributed by atoms with Crippen LogP contribution in [0.2, 0.25) is 0 Å². The van der Waals surface area contributed by atoms with Crippen molar-refractivity contribution in [1.29, 1.82) is 0 Å². The van der Waals surface area contributed by atoms with Gasteiger partial charge in [0.25, 0.3) is 5.91 Å². The highest BCUT2D eigenvalue weighted by atomic mass is 16.2. The van der Waals surface area contributed by atoms with Gasteiger partial charge in [0.2, 0.25) is 0 Å². The molecule has 3 aromatic carbocycles. The number of benzene rings is 3. The lowest BCUT2D eigenvalue weighted by Crippen LogP contribution is -2.31. The summed E-state index contributed by atoms with van der Waals surface area (Å²) in [4.78, 5) is 24.1. The van der Waals surface area contributed by atoms with Crippen molar-refractivity contribution in [2.45, 2.75) is 12.6 Å². The van der Waals surface area contributed by atoms with Gasteiger partial charge in [0.15, 0.2) is 0 Å². The van der Waals surface area contributed by atoms with Gasteiger partial charge in [-0.1, -0.05) is 72.8 Å². The maximum absolute atomic E-state index is 13.5. The summed E-state index contributed by atoms with van der Waals surface area (Å²) in [6.45, 7) is 0.576. The number of para-hydroxylation sites is 1. The molecule has 1 aliphatic rings. The maximum atomic E-state index is 13.5. The van der Waals surface area contributed by atoms with E-state index in [1.54, 1.807) is 0 Å². The molecule has 27 heavy (non-hydrogen) atoms. The van der Waals surface area contributed by atoms with Gasteiger partial charge >= 0.3 is 0 Å². The van der Waals surface area contributed by atoms with Crippen molar-refractivity contribution in [2.75, 3.05) is 0 Å². The SMILES string of the molecule is O=C(c1ncnc2ccccc12)N1Cc2ccccc2C1c1ccccc1. The van der Waals surface area contributed by atoms with Gasteiger partial charge in [-0.05, 0) is 22.8 Å². The minimum atomic E-state index is -0.108. The number of hydrogen-bond acceptors (Lipinski definition) is 3. The normalized spacial score (nSPS) is 15.7. The number of aromatic nitrogens is 2. The smallest absolute Gasteiger partial charge is 0.274 e. The lowest BCUT2D eigenvalue weighted by atomic mass is 9.98. The monoisotopic (exact) mass is 351 g/mol. The number of carbonyl (C=O) groups excluding carboxylic acids is 1. The average molecular weight is 351 g/mol. The lowest BCUT2D eigenvalue weighted by Gasteiger charge is -2.26. The number of fused-ring (bicyclic) bond motifs is 2. The van der Waals surface area contributed by atoms with Gasteiger partial charge in [-0.3, -0.25) is 4.79 Å². The minimum Gasteiger partial charge on any atom is -0.322 e. The van der Waals surface area contributed by atoms with Crippen LogP contribution in [0.25, 0.3) is 10.9 Å². The first kappa shape index (κ1) is 15.7. The van der Waals surface area contributed by atoms with E-state index in [1.807, 2.05) is 59.5 Å². The molecule has 0 bridgehead atoms. The van der Waals surface area contributed by atoms with E-state index in [0.717, 1.165) is 16.5 Å². The molecule has 1 aromatic heterocycles. The molecule has 5 rings (SSSR count). The fourth-order valence-corrected chi connectivity index (χ4v) is 3.88. The Bertz CT molecular complexity index is 1140. The van der Waals surface area contributed by atoms with Crippen LogP contribution in [0, 0.1) is 0 Å².